The number of rotatable bonds is 2. The molecule has 1 aliphatic rings. The van der Waals surface area contributed by atoms with Crippen molar-refractivity contribution < 1.29 is 0 Å². The highest BCUT2D eigenvalue weighted by atomic mass is 31.0. The van der Waals surface area contributed by atoms with Crippen molar-refractivity contribution in [3.63, 3.8) is 0 Å². The molecule has 1 aliphatic carbocycles. The smallest absolute Gasteiger partial charge is 0.0240 e. The molecule has 0 spiro atoms. The molecular weight excluding hydrogens is 254 g/mol. The molecule has 0 bridgehead atoms. The predicted octanol–water partition coefficient (Wildman–Crippen LogP) is 5.87. The molecule has 0 N–H and O–H groups in total. The van der Waals surface area contributed by atoms with Crippen LogP contribution in [0.3, 0.4) is 0 Å². The number of hydrogen-bond acceptors (Lipinski definition) is 0. The first kappa shape index (κ1) is 12.1. The Morgan fingerprint density at radius 2 is 1.33 bits per heavy atom. The monoisotopic (exact) mass is 270 g/mol. The van der Waals surface area contributed by atoms with Gasteiger partial charge in [-0.3, -0.25) is 0 Å². The van der Waals surface area contributed by atoms with Crippen LogP contribution in [0, 0.1) is 0 Å². The lowest BCUT2D eigenvalue weighted by Gasteiger charge is -2.36. The summed E-state index contributed by atoms with van der Waals surface area (Å²) in [5.41, 5.74) is 3.17. The number of allylic oxidation sites excluding steroid dienone is 2. The molecule has 0 radical (unpaired) electrons. The van der Waals surface area contributed by atoms with Crippen LogP contribution in [-0.4, -0.2) is 0 Å². The van der Waals surface area contributed by atoms with Crippen LogP contribution in [0.1, 0.15) is 30.4 Å². The van der Waals surface area contributed by atoms with Gasteiger partial charge in [-0.15, -0.1) is 0 Å². The van der Waals surface area contributed by atoms with E-state index < -0.39 is 0 Å². The first-order chi connectivity index (χ1) is 8.92. The maximum atomic E-state index is 2.35. The Morgan fingerprint density at radius 1 is 0.778 bits per heavy atom. The minimum absolute atomic E-state index is 0.209. The van der Waals surface area contributed by atoms with Crippen molar-refractivity contribution in [1.29, 1.82) is 0 Å². The van der Waals surface area contributed by atoms with Crippen LogP contribution in [0.15, 0.2) is 59.6 Å². The fourth-order valence-electron chi connectivity index (χ4n) is 2.87. The Hall–Kier alpha value is -0.960. The minimum Gasteiger partial charge on any atom is -0.0885 e. The minimum atomic E-state index is 0.209. The van der Waals surface area contributed by atoms with E-state index in [1.807, 2.05) is 0 Å². The summed E-state index contributed by atoms with van der Waals surface area (Å²) in [6, 6.07) is 9.28. The topological polar surface area (TPSA) is 0 Å². The van der Waals surface area contributed by atoms with Gasteiger partial charge in [-0.2, -0.15) is 0 Å². The normalized spacial score (nSPS) is 17.6. The molecule has 0 fully saturated rings. The second-order valence-electron chi connectivity index (χ2n) is 4.77. The zero-order chi connectivity index (χ0) is 12.3. The predicted molar refractivity (Wildman–Crippen MR) is 81.7 cm³/mol. The quantitative estimate of drug-likeness (QED) is 0.598. The lowest BCUT2D eigenvalue weighted by atomic mass is 9.68. The standard InChI is InChI=1S/C16H16P2/c1-2-8-16(9-3-1,14-4-10-17-11-5-14)15-6-12-18-13-7-15/h1-2,4-7,10-13H,3,8-9H2. The van der Waals surface area contributed by atoms with Crippen LogP contribution in [0.2, 0.25) is 0 Å². The summed E-state index contributed by atoms with van der Waals surface area (Å²) in [5, 5.41) is 0. The van der Waals surface area contributed by atoms with E-state index in [0.717, 1.165) is 6.42 Å². The molecule has 0 amide bonds. The third-order valence-corrected chi connectivity index (χ3v) is 5.12. The Morgan fingerprint density at radius 3 is 1.78 bits per heavy atom. The van der Waals surface area contributed by atoms with Crippen LogP contribution in [-0.2, 0) is 5.41 Å². The molecule has 0 atom stereocenters. The maximum Gasteiger partial charge on any atom is 0.0240 e. The molecule has 0 aliphatic heterocycles. The molecule has 0 saturated carbocycles. The Balaban J connectivity index is 2.13. The van der Waals surface area contributed by atoms with E-state index in [1.54, 1.807) is 0 Å². The summed E-state index contributed by atoms with van der Waals surface area (Å²) in [7, 11) is 2.61. The molecule has 0 saturated heterocycles. The van der Waals surface area contributed by atoms with Crippen LogP contribution >= 0.6 is 16.4 Å². The van der Waals surface area contributed by atoms with Crippen molar-refractivity contribution in [1.82, 2.24) is 0 Å². The Kier molecular flexibility index (Phi) is 3.59. The molecule has 90 valence electrons. The average molecular weight is 270 g/mol. The lowest BCUT2D eigenvalue weighted by molar-refractivity contribution is 0.466. The largest absolute Gasteiger partial charge is 0.0885 e. The SMILES string of the molecule is C1=CCC(c2ccpcc2)(c2ccpcc2)CC1. The van der Waals surface area contributed by atoms with Crippen molar-refractivity contribution in [2.75, 3.05) is 0 Å². The van der Waals surface area contributed by atoms with Crippen LogP contribution in [0.5, 0.6) is 0 Å². The molecule has 18 heavy (non-hydrogen) atoms. The molecule has 0 aromatic carbocycles. The van der Waals surface area contributed by atoms with Gasteiger partial charge in [0.1, 0.15) is 0 Å². The molecule has 2 aromatic heterocycles. The van der Waals surface area contributed by atoms with E-state index in [2.05, 4.69) is 59.6 Å². The van der Waals surface area contributed by atoms with E-state index in [1.165, 1.54) is 40.4 Å². The Labute approximate surface area is 112 Å². The van der Waals surface area contributed by atoms with E-state index in [0.29, 0.717) is 0 Å². The highest BCUT2D eigenvalue weighted by Gasteiger charge is 2.33. The van der Waals surface area contributed by atoms with Gasteiger partial charge in [0.05, 0.1) is 0 Å². The summed E-state index contributed by atoms with van der Waals surface area (Å²) in [6.45, 7) is 0. The van der Waals surface area contributed by atoms with Gasteiger partial charge in [-0.1, -0.05) is 52.8 Å². The van der Waals surface area contributed by atoms with Crippen LogP contribution in [0.4, 0.5) is 0 Å². The zero-order valence-corrected chi connectivity index (χ0v) is 12.1. The molecule has 0 nitrogen and oxygen atoms in total. The summed E-state index contributed by atoms with van der Waals surface area (Å²) < 4.78 is 0. The number of hydrogen-bond donors (Lipinski definition) is 0. The van der Waals surface area contributed by atoms with Crippen molar-refractivity contribution in [2.45, 2.75) is 24.7 Å². The van der Waals surface area contributed by atoms with Gasteiger partial charge in [0.2, 0.25) is 0 Å². The lowest BCUT2D eigenvalue weighted by Crippen LogP contribution is -2.28. The maximum absolute atomic E-state index is 2.35. The van der Waals surface area contributed by atoms with Gasteiger partial charge in [0.25, 0.3) is 0 Å². The Bertz CT molecular complexity index is 492. The van der Waals surface area contributed by atoms with Crippen molar-refractivity contribution in [3.8, 4) is 0 Å². The average Bonchev–Trinajstić information content (AvgIpc) is 2.50. The van der Waals surface area contributed by atoms with E-state index in [9.17, 15) is 0 Å². The molecule has 2 heterocycles. The summed E-state index contributed by atoms with van der Waals surface area (Å²) >= 11 is 0. The summed E-state index contributed by atoms with van der Waals surface area (Å²) in [5.74, 6) is 9.02. The molecular formula is C16H16P2. The van der Waals surface area contributed by atoms with Gasteiger partial charge in [0.15, 0.2) is 0 Å². The van der Waals surface area contributed by atoms with E-state index in [-0.39, 0.29) is 5.41 Å². The molecule has 2 heteroatoms. The summed E-state index contributed by atoms with van der Waals surface area (Å²) in [4.78, 5) is 0. The van der Waals surface area contributed by atoms with Gasteiger partial charge < -0.3 is 0 Å². The van der Waals surface area contributed by atoms with E-state index in [4.69, 9.17) is 0 Å². The van der Waals surface area contributed by atoms with Gasteiger partial charge in [-0.05, 0) is 53.6 Å². The van der Waals surface area contributed by atoms with Gasteiger partial charge in [0, 0.05) is 5.41 Å². The molecule has 0 unspecified atom stereocenters. The van der Waals surface area contributed by atoms with Crippen molar-refractivity contribution in [3.05, 3.63) is 70.7 Å². The molecule has 3 rings (SSSR count). The fourth-order valence-corrected chi connectivity index (χ4v) is 4.05. The van der Waals surface area contributed by atoms with Gasteiger partial charge >= 0.3 is 0 Å². The van der Waals surface area contributed by atoms with Crippen molar-refractivity contribution in [2.24, 2.45) is 0 Å². The second-order valence-corrected chi connectivity index (χ2v) is 6.56. The van der Waals surface area contributed by atoms with Crippen LogP contribution < -0.4 is 0 Å². The third kappa shape index (κ3) is 2.16. The fraction of sp³-hybridized carbons (Fsp3) is 0.250. The van der Waals surface area contributed by atoms with Crippen LogP contribution in [0.25, 0.3) is 0 Å². The highest BCUT2D eigenvalue weighted by Crippen LogP contribution is 2.43. The molecule has 2 aromatic rings. The first-order valence-corrected chi connectivity index (χ1v) is 8.44. The van der Waals surface area contributed by atoms with Gasteiger partial charge in [-0.25, -0.2) is 0 Å². The second kappa shape index (κ2) is 5.35. The van der Waals surface area contributed by atoms with E-state index >= 15 is 0 Å². The third-order valence-electron chi connectivity index (χ3n) is 3.84. The van der Waals surface area contributed by atoms with Crippen molar-refractivity contribution >= 4 is 16.4 Å². The highest BCUT2D eigenvalue weighted by molar-refractivity contribution is 7.28. The summed E-state index contributed by atoms with van der Waals surface area (Å²) in [6.07, 6.45) is 8.22. The zero-order valence-electron chi connectivity index (χ0n) is 10.3. The first-order valence-electron chi connectivity index (χ1n) is 6.38.